The third kappa shape index (κ3) is 6.46. The van der Waals surface area contributed by atoms with Gasteiger partial charge in [-0.25, -0.2) is 13.4 Å². The van der Waals surface area contributed by atoms with E-state index in [4.69, 9.17) is 34.8 Å². The highest BCUT2D eigenvalue weighted by Crippen LogP contribution is 2.28. The van der Waals surface area contributed by atoms with Crippen LogP contribution in [-0.4, -0.2) is 41.3 Å². The lowest BCUT2D eigenvalue weighted by Crippen LogP contribution is -2.40. The number of benzene rings is 2. The van der Waals surface area contributed by atoms with Crippen LogP contribution in [0.3, 0.4) is 0 Å². The summed E-state index contributed by atoms with van der Waals surface area (Å²) in [6.45, 7) is 0.518. The van der Waals surface area contributed by atoms with Crippen molar-refractivity contribution in [3.8, 4) is 0 Å². The Morgan fingerprint density at radius 1 is 1.06 bits per heavy atom. The first-order valence-electron chi connectivity index (χ1n) is 9.68. The number of aryl methyl sites for hydroxylation is 1. The van der Waals surface area contributed by atoms with Crippen LogP contribution in [0.4, 0.5) is 0 Å². The molecule has 170 valence electrons. The van der Waals surface area contributed by atoms with E-state index in [0.717, 1.165) is 4.31 Å². The first-order valence-corrected chi connectivity index (χ1v) is 12.3. The van der Waals surface area contributed by atoms with E-state index < -0.39 is 22.5 Å². The maximum absolute atomic E-state index is 13.3. The summed E-state index contributed by atoms with van der Waals surface area (Å²) in [5.74, 6) is -0.434. The summed E-state index contributed by atoms with van der Waals surface area (Å²) in [6.07, 6.45) is 5.87. The van der Waals surface area contributed by atoms with Crippen LogP contribution in [0.5, 0.6) is 0 Å². The summed E-state index contributed by atoms with van der Waals surface area (Å²) >= 11 is 18.4. The number of nitrogens with zero attached hydrogens (tertiary/aromatic N) is 3. The van der Waals surface area contributed by atoms with Crippen molar-refractivity contribution in [3.05, 3.63) is 81.8 Å². The molecule has 1 N–H and O–H groups in total. The first kappa shape index (κ1) is 24.5. The standard InChI is InChI=1S/C21H21Cl3N4O3S/c22-16-5-7-17(8-6-16)32(30,31)28(13-18-19(23)3-1-4-20(18)24)14-21(29)26-9-2-11-27-12-10-25-15-27/h1,3-8,10,12,15H,2,9,11,13-14H2,(H,26,29). The number of sulfonamides is 1. The molecular formula is C21H21Cl3N4O3S. The molecular weight excluding hydrogens is 495 g/mol. The normalized spacial score (nSPS) is 11.6. The minimum Gasteiger partial charge on any atom is -0.355 e. The van der Waals surface area contributed by atoms with Crippen LogP contribution in [0.2, 0.25) is 15.1 Å². The predicted octanol–water partition coefficient (Wildman–Crippen LogP) is 4.24. The fraction of sp³-hybridized carbons (Fsp3) is 0.238. The maximum Gasteiger partial charge on any atom is 0.243 e. The SMILES string of the molecule is O=C(CN(Cc1c(Cl)cccc1Cl)S(=O)(=O)c1ccc(Cl)cc1)NCCCn1ccnc1. The smallest absolute Gasteiger partial charge is 0.243 e. The lowest BCUT2D eigenvalue weighted by Gasteiger charge is -2.23. The summed E-state index contributed by atoms with van der Waals surface area (Å²) in [5.41, 5.74) is 0.418. The van der Waals surface area contributed by atoms with E-state index >= 15 is 0 Å². The molecule has 1 aromatic heterocycles. The van der Waals surface area contributed by atoms with Crippen LogP contribution in [0.1, 0.15) is 12.0 Å². The number of amides is 1. The molecule has 0 aliphatic carbocycles. The largest absolute Gasteiger partial charge is 0.355 e. The van der Waals surface area contributed by atoms with Gasteiger partial charge in [0, 0.05) is 52.7 Å². The number of nitrogens with one attached hydrogen (secondary N) is 1. The monoisotopic (exact) mass is 514 g/mol. The summed E-state index contributed by atoms with van der Waals surface area (Å²) < 4.78 is 29.5. The Kier molecular flexibility index (Phi) is 8.56. The number of hydrogen-bond acceptors (Lipinski definition) is 4. The predicted molar refractivity (Wildman–Crippen MR) is 125 cm³/mol. The molecule has 0 spiro atoms. The van der Waals surface area contributed by atoms with Crippen molar-refractivity contribution in [1.29, 1.82) is 0 Å². The molecule has 0 unspecified atom stereocenters. The highest BCUT2D eigenvalue weighted by atomic mass is 35.5. The molecule has 3 rings (SSSR count). The van der Waals surface area contributed by atoms with Gasteiger partial charge < -0.3 is 9.88 Å². The minimum absolute atomic E-state index is 0.0120. The van der Waals surface area contributed by atoms with Gasteiger partial charge in [-0.3, -0.25) is 4.79 Å². The van der Waals surface area contributed by atoms with Crippen molar-refractivity contribution in [1.82, 2.24) is 19.2 Å². The lowest BCUT2D eigenvalue weighted by atomic mass is 10.2. The van der Waals surface area contributed by atoms with Gasteiger partial charge in [-0.05, 0) is 42.8 Å². The Morgan fingerprint density at radius 3 is 2.38 bits per heavy atom. The van der Waals surface area contributed by atoms with Crippen LogP contribution in [-0.2, 0) is 27.9 Å². The Balaban J connectivity index is 1.75. The fourth-order valence-electron chi connectivity index (χ4n) is 2.97. The molecule has 0 fully saturated rings. The van der Waals surface area contributed by atoms with E-state index in [1.807, 2.05) is 10.8 Å². The van der Waals surface area contributed by atoms with E-state index in [1.165, 1.54) is 24.3 Å². The average molecular weight is 516 g/mol. The molecule has 1 amide bonds. The average Bonchev–Trinajstić information content (AvgIpc) is 3.27. The fourth-order valence-corrected chi connectivity index (χ4v) is 4.97. The Hall–Kier alpha value is -2.10. The second-order valence-electron chi connectivity index (χ2n) is 6.93. The summed E-state index contributed by atoms with van der Waals surface area (Å²) in [5, 5.41) is 3.79. The highest BCUT2D eigenvalue weighted by molar-refractivity contribution is 7.89. The van der Waals surface area contributed by atoms with E-state index in [9.17, 15) is 13.2 Å². The van der Waals surface area contributed by atoms with Gasteiger partial charge in [0.25, 0.3) is 0 Å². The van der Waals surface area contributed by atoms with Crippen molar-refractivity contribution in [3.63, 3.8) is 0 Å². The number of carbonyl (C=O) groups is 1. The van der Waals surface area contributed by atoms with Crippen molar-refractivity contribution in [2.24, 2.45) is 0 Å². The molecule has 0 saturated carbocycles. The molecule has 11 heteroatoms. The van der Waals surface area contributed by atoms with E-state index in [0.29, 0.717) is 40.1 Å². The zero-order valence-corrected chi connectivity index (χ0v) is 20.0. The molecule has 0 saturated heterocycles. The molecule has 0 aliphatic heterocycles. The quantitative estimate of drug-likeness (QED) is 0.409. The van der Waals surface area contributed by atoms with Crippen molar-refractivity contribution in [2.45, 2.75) is 24.4 Å². The number of aromatic nitrogens is 2. The van der Waals surface area contributed by atoms with Crippen LogP contribution < -0.4 is 5.32 Å². The highest BCUT2D eigenvalue weighted by Gasteiger charge is 2.28. The van der Waals surface area contributed by atoms with Gasteiger partial charge in [-0.2, -0.15) is 4.31 Å². The third-order valence-electron chi connectivity index (χ3n) is 4.64. The lowest BCUT2D eigenvalue weighted by molar-refractivity contribution is -0.121. The van der Waals surface area contributed by atoms with Crippen LogP contribution in [0.15, 0.2) is 66.1 Å². The van der Waals surface area contributed by atoms with Gasteiger partial charge in [0.05, 0.1) is 17.8 Å². The molecule has 32 heavy (non-hydrogen) atoms. The molecule has 2 aromatic carbocycles. The van der Waals surface area contributed by atoms with Gasteiger partial charge in [0.15, 0.2) is 0 Å². The zero-order valence-electron chi connectivity index (χ0n) is 16.9. The van der Waals surface area contributed by atoms with Crippen LogP contribution in [0, 0.1) is 0 Å². The van der Waals surface area contributed by atoms with Gasteiger partial charge in [0.1, 0.15) is 0 Å². The molecule has 3 aromatic rings. The number of hydrogen-bond donors (Lipinski definition) is 1. The van der Waals surface area contributed by atoms with Gasteiger partial charge in [0.2, 0.25) is 15.9 Å². The summed E-state index contributed by atoms with van der Waals surface area (Å²) in [4.78, 5) is 16.6. The van der Waals surface area contributed by atoms with E-state index in [-0.39, 0.29) is 11.4 Å². The first-order chi connectivity index (χ1) is 15.3. The van der Waals surface area contributed by atoms with Crippen molar-refractivity contribution < 1.29 is 13.2 Å². The van der Waals surface area contributed by atoms with Crippen LogP contribution in [0.25, 0.3) is 0 Å². The van der Waals surface area contributed by atoms with Gasteiger partial charge in [-0.15, -0.1) is 0 Å². The third-order valence-corrected chi connectivity index (χ3v) is 7.41. The molecule has 0 aliphatic rings. The summed E-state index contributed by atoms with van der Waals surface area (Å²) in [7, 11) is -4.03. The molecule has 1 heterocycles. The number of halogens is 3. The maximum atomic E-state index is 13.3. The number of imidazole rings is 1. The number of rotatable bonds is 10. The summed E-state index contributed by atoms with van der Waals surface area (Å²) in [6, 6.07) is 10.6. The zero-order chi connectivity index (χ0) is 23.1. The Labute approximate surface area is 202 Å². The minimum atomic E-state index is -4.03. The topological polar surface area (TPSA) is 84.3 Å². The number of carbonyl (C=O) groups excluding carboxylic acids is 1. The van der Waals surface area contributed by atoms with Gasteiger partial charge in [-0.1, -0.05) is 40.9 Å². The van der Waals surface area contributed by atoms with E-state index in [2.05, 4.69) is 10.3 Å². The molecule has 0 radical (unpaired) electrons. The van der Waals surface area contributed by atoms with Gasteiger partial charge >= 0.3 is 0 Å². The second kappa shape index (κ2) is 11.2. The second-order valence-corrected chi connectivity index (χ2v) is 10.1. The van der Waals surface area contributed by atoms with Crippen molar-refractivity contribution in [2.75, 3.05) is 13.1 Å². The molecule has 7 nitrogen and oxygen atoms in total. The van der Waals surface area contributed by atoms with Crippen molar-refractivity contribution >= 4 is 50.7 Å². The Bertz CT molecular complexity index is 1130. The Morgan fingerprint density at radius 2 is 1.75 bits per heavy atom. The van der Waals surface area contributed by atoms with E-state index in [1.54, 1.807) is 30.7 Å². The van der Waals surface area contributed by atoms with Crippen LogP contribution >= 0.6 is 34.8 Å². The molecule has 0 atom stereocenters. The molecule has 0 bridgehead atoms.